The number of rotatable bonds is 3. The van der Waals surface area contributed by atoms with Gasteiger partial charge in [0.15, 0.2) is 0 Å². The summed E-state index contributed by atoms with van der Waals surface area (Å²) in [4.78, 5) is 4.34. The minimum Gasteiger partial charge on any atom is -0.358 e. The van der Waals surface area contributed by atoms with Gasteiger partial charge in [-0.15, -0.1) is 0 Å². The van der Waals surface area contributed by atoms with Crippen molar-refractivity contribution in [2.24, 2.45) is 5.14 Å². The number of nitrogens with one attached hydrogen (secondary N) is 2. The van der Waals surface area contributed by atoms with Crippen molar-refractivity contribution in [3.8, 4) is 0 Å². The Bertz CT molecular complexity index is 1070. The van der Waals surface area contributed by atoms with Crippen LogP contribution in [0.1, 0.15) is 17.7 Å². The highest BCUT2D eigenvalue weighted by Gasteiger charge is 2.14. The number of primary sulfonamides is 1. The Balaban J connectivity index is 1.77. The maximum atomic E-state index is 11.6. The number of aryl methyl sites for hydroxylation is 1. The summed E-state index contributed by atoms with van der Waals surface area (Å²) in [5, 5.41) is 16.3. The van der Waals surface area contributed by atoms with E-state index in [-0.39, 0.29) is 4.90 Å². The van der Waals surface area contributed by atoms with Crippen LogP contribution in [0.2, 0.25) is 0 Å². The number of nitrogens with zero attached hydrogens (tertiary/aromatic N) is 2. The minimum atomic E-state index is -3.76. The first-order valence-corrected chi connectivity index (χ1v) is 8.97. The summed E-state index contributed by atoms with van der Waals surface area (Å²) >= 11 is 0. The van der Waals surface area contributed by atoms with Gasteiger partial charge in [0, 0.05) is 23.0 Å². The SMILES string of the molecule is NS(=O)(=O)c1ccc2nccc(NC3=Cc4[nH]ncc4CC3)c2c1. The van der Waals surface area contributed by atoms with E-state index in [4.69, 9.17) is 5.14 Å². The Morgan fingerprint density at radius 3 is 2.92 bits per heavy atom. The van der Waals surface area contributed by atoms with Crippen LogP contribution in [-0.2, 0) is 16.4 Å². The van der Waals surface area contributed by atoms with Gasteiger partial charge in [-0.2, -0.15) is 5.10 Å². The lowest BCUT2D eigenvalue weighted by molar-refractivity contribution is 0.598. The average Bonchev–Trinajstić information content (AvgIpc) is 3.01. The topological polar surface area (TPSA) is 114 Å². The zero-order valence-electron chi connectivity index (χ0n) is 12.7. The molecule has 2 heterocycles. The van der Waals surface area contributed by atoms with Crippen LogP contribution in [0.15, 0.2) is 47.3 Å². The van der Waals surface area contributed by atoms with Gasteiger partial charge in [0.05, 0.1) is 22.3 Å². The second-order valence-electron chi connectivity index (χ2n) is 5.69. The number of aromatic amines is 1. The maximum absolute atomic E-state index is 11.6. The minimum absolute atomic E-state index is 0.0690. The molecule has 1 aliphatic carbocycles. The summed E-state index contributed by atoms with van der Waals surface area (Å²) in [5.74, 6) is 0. The summed E-state index contributed by atoms with van der Waals surface area (Å²) in [6, 6.07) is 6.48. The molecule has 0 spiro atoms. The first-order valence-electron chi connectivity index (χ1n) is 7.42. The van der Waals surface area contributed by atoms with Crippen LogP contribution in [0.5, 0.6) is 0 Å². The smallest absolute Gasteiger partial charge is 0.238 e. The second kappa shape index (κ2) is 5.43. The molecule has 0 saturated carbocycles. The molecule has 2 aromatic heterocycles. The van der Waals surface area contributed by atoms with Crippen molar-refractivity contribution in [2.75, 3.05) is 5.32 Å². The Morgan fingerprint density at radius 2 is 2.08 bits per heavy atom. The predicted octanol–water partition coefficient (Wildman–Crippen LogP) is 2.00. The van der Waals surface area contributed by atoms with Crippen LogP contribution in [0.4, 0.5) is 5.69 Å². The second-order valence-corrected chi connectivity index (χ2v) is 7.25. The molecule has 0 fully saturated rings. The zero-order chi connectivity index (χ0) is 16.7. The van der Waals surface area contributed by atoms with Gasteiger partial charge >= 0.3 is 0 Å². The summed E-state index contributed by atoms with van der Waals surface area (Å²) in [6.07, 6.45) is 7.29. The summed E-state index contributed by atoms with van der Waals surface area (Å²) in [6.45, 7) is 0. The van der Waals surface area contributed by atoms with E-state index in [0.717, 1.165) is 29.9 Å². The Labute approximate surface area is 138 Å². The van der Waals surface area contributed by atoms with E-state index >= 15 is 0 Å². The standard InChI is InChI=1S/C16H15N5O2S/c17-24(22,23)12-3-4-14-13(8-12)15(5-6-18-14)20-11-2-1-10-9-19-21-16(10)7-11/h3-9H,1-2H2,(H,18,20)(H,19,21)(H2,17,22,23). The van der Waals surface area contributed by atoms with Crippen molar-refractivity contribution in [3.63, 3.8) is 0 Å². The predicted molar refractivity (Wildman–Crippen MR) is 91.6 cm³/mol. The molecule has 4 N–H and O–H groups in total. The van der Waals surface area contributed by atoms with Crippen LogP contribution in [-0.4, -0.2) is 23.6 Å². The average molecular weight is 341 g/mol. The first kappa shape index (κ1) is 14.9. The van der Waals surface area contributed by atoms with E-state index in [1.165, 1.54) is 11.6 Å². The first-order chi connectivity index (χ1) is 11.5. The number of fused-ring (bicyclic) bond motifs is 2. The third-order valence-corrected chi connectivity index (χ3v) is 4.98. The van der Waals surface area contributed by atoms with Gasteiger partial charge in [-0.1, -0.05) is 0 Å². The fourth-order valence-corrected chi connectivity index (χ4v) is 3.38. The van der Waals surface area contributed by atoms with Gasteiger partial charge < -0.3 is 5.32 Å². The molecule has 0 bridgehead atoms. The molecule has 0 saturated heterocycles. The number of hydrogen-bond acceptors (Lipinski definition) is 5. The molecule has 4 rings (SSSR count). The molecule has 0 radical (unpaired) electrons. The molecular formula is C16H15N5O2S. The number of hydrogen-bond donors (Lipinski definition) is 3. The number of nitrogens with two attached hydrogens (primary N) is 1. The number of aromatic nitrogens is 3. The van der Waals surface area contributed by atoms with Gasteiger partial charge in [0.1, 0.15) is 0 Å². The van der Waals surface area contributed by atoms with E-state index in [1.54, 1.807) is 18.3 Å². The van der Waals surface area contributed by atoms with Gasteiger partial charge in [-0.3, -0.25) is 10.1 Å². The molecule has 3 aromatic rings. The van der Waals surface area contributed by atoms with Crippen LogP contribution in [0.25, 0.3) is 17.0 Å². The van der Waals surface area contributed by atoms with E-state index in [9.17, 15) is 8.42 Å². The number of anilines is 1. The highest BCUT2D eigenvalue weighted by molar-refractivity contribution is 7.89. The van der Waals surface area contributed by atoms with E-state index in [0.29, 0.717) is 10.9 Å². The van der Waals surface area contributed by atoms with Crippen molar-refractivity contribution >= 4 is 32.7 Å². The number of H-pyrrole nitrogens is 1. The van der Waals surface area contributed by atoms with E-state index < -0.39 is 10.0 Å². The number of allylic oxidation sites excluding steroid dienone is 1. The molecule has 122 valence electrons. The van der Waals surface area contributed by atoms with Crippen molar-refractivity contribution in [3.05, 3.63) is 53.6 Å². The quantitative estimate of drug-likeness (QED) is 0.674. The molecule has 0 aliphatic heterocycles. The summed E-state index contributed by atoms with van der Waals surface area (Å²) in [7, 11) is -3.76. The maximum Gasteiger partial charge on any atom is 0.238 e. The lowest BCUT2D eigenvalue weighted by Crippen LogP contribution is -2.12. The molecule has 0 atom stereocenters. The third kappa shape index (κ3) is 2.66. The highest BCUT2D eigenvalue weighted by Crippen LogP contribution is 2.28. The van der Waals surface area contributed by atoms with Crippen LogP contribution in [0.3, 0.4) is 0 Å². The van der Waals surface area contributed by atoms with E-state index in [2.05, 4.69) is 20.5 Å². The fourth-order valence-electron chi connectivity index (χ4n) is 2.84. The van der Waals surface area contributed by atoms with Crippen LogP contribution in [0, 0.1) is 0 Å². The molecule has 1 aliphatic rings. The zero-order valence-corrected chi connectivity index (χ0v) is 13.5. The number of sulfonamides is 1. The van der Waals surface area contributed by atoms with Crippen LogP contribution < -0.4 is 10.5 Å². The normalized spacial score (nSPS) is 14.3. The lowest BCUT2D eigenvalue weighted by atomic mass is 10.0. The molecule has 1 aromatic carbocycles. The molecule has 7 nitrogen and oxygen atoms in total. The monoisotopic (exact) mass is 341 g/mol. The largest absolute Gasteiger partial charge is 0.358 e. The summed E-state index contributed by atoms with van der Waals surface area (Å²) in [5.41, 5.74) is 4.70. The van der Waals surface area contributed by atoms with Gasteiger partial charge in [0.2, 0.25) is 10.0 Å². The van der Waals surface area contributed by atoms with Crippen molar-refractivity contribution in [1.29, 1.82) is 0 Å². The Hall–Kier alpha value is -2.71. The van der Waals surface area contributed by atoms with Crippen LogP contribution >= 0.6 is 0 Å². The number of pyridine rings is 1. The van der Waals surface area contributed by atoms with Crippen molar-refractivity contribution in [2.45, 2.75) is 17.7 Å². The third-order valence-electron chi connectivity index (χ3n) is 4.07. The molecule has 0 amide bonds. The fraction of sp³-hybridized carbons (Fsp3) is 0.125. The van der Waals surface area contributed by atoms with Gasteiger partial charge in [0.25, 0.3) is 0 Å². The summed E-state index contributed by atoms with van der Waals surface area (Å²) < 4.78 is 23.2. The Kier molecular flexibility index (Phi) is 3.36. The Morgan fingerprint density at radius 1 is 1.21 bits per heavy atom. The molecule has 8 heteroatoms. The number of benzene rings is 1. The van der Waals surface area contributed by atoms with Gasteiger partial charge in [-0.25, -0.2) is 13.6 Å². The van der Waals surface area contributed by atoms with Crippen molar-refractivity contribution < 1.29 is 8.42 Å². The highest BCUT2D eigenvalue weighted by atomic mass is 32.2. The van der Waals surface area contributed by atoms with Gasteiger partial charge in [-0.05, 0) is 48.7 Å². The molecule has 0 unspecified atom stereocenters. The van der Waals surface area contributed by atoms with Crippen molar-refractivity contribution in [1.82, 2.24) is 15.2 Å². The molecule has 24 heavy (non-hydrogen) atoms. The van der Waals surface area contributed by atoms with E-state index in [1.807, 2.05) is 18.3 Å². The lowest BCUT2D eigenvalue weighted by Gasteiger charge is -2.16. The molecular weight excluding hydrogens is 326 g/mol.